The smallest absolute Gasteiger partial charge is 0.129 e. The van der Waals surface area contributed by atoms with E-state index in [1.807, 2.05) is 6.07 Å². The van der Waals surface area contributed by atoms with Crippen molar-refractivity contribution in [3.8, 4) is 0 Å². The summed E-state index contributed by atoms with van der Waals surface area (Å²) in [6, 6.07) is 3.85. The predicted octanol–water partition coefficient (Wildman–Crippen LogP) is 2.09. The maximum Gasteiger partial charge on any atom is 0.129 e. The third-order valence-corrected chi connectivity index (χ3v) is 2.97. The Labute approximate surface area is 107 Å². The van der Waals surface area contributed by atoms with Gasteiger partial charge in [0.05, 0.1) is 30.0 Å². The minimum atomic E-state index is -0.150. The molecule has 5 heteroatoms. The third kappa shape index (κ3) is 3.56. The first-order chi connectivity index (χ1) is 8.13. The highest BCUT2D eigenvalue weighted by Gasteiger charge is 2.15. The lowest BCUT2D eigenvalue weighted by molar-refractivity contribution is 0.181. The van der Waals surface area contributed by atoms with Crippen molar-refractivity contribution in [3.05, 3.63) is 22.8 Å². The molecule has 1 heterocycles. The van der Waals surface area contributed by atoms with E-state index in [-0.39, 0.29) is 12.6 Å². The number of ether oxygens (including phenoxy) is 1. The van der Waals surface area contributed by atoms with Gasteiger partial charge in [-0.15, -0.1) is 0 Å². The van der Waals surface area contributed by atoms with Crippen LogP contribution < -0.4 is 4.90 Å². The van der Waals surface area contributed by atoms with Crippen molar-refractivity contribution in [2.75, 3.05) is 25.2 Å². The van der Waals surface area contributed by atoms with Gasteiger partial charge in [-0.2, -0.15) is 0 Å². The first-order valence-corrected chi connectivity index (χ1v) is 6.03. The Hall–Kier alpha value is -0.840. The molecule has 0 bridgehead atoms. The lowest BCUT2D eigenvalue weighted by Crippen LogP contribution is -2.36. The normalized spacial score (nSPS) is 12.5. The van der Waals surface area contributed by atoms with Crippen molar-refractivity contribution in [1.82, 2.24) is 4.98 Å². The summed E-state index contributed by atoms with van der Waals surface area (Å²) < 4.78 is 5.14. The van der Waals surface area contributed by atoms with Crippen LogP contribution in [0.2, 0.25) is 5.02 Å². The molecule has 0 aliphatic rings. The van der Waals surface area contributed by atoms with E-state index in [0.717, 1.165) is 12.4 Å². The Kier molecular flexibility index (Phi) is 5.68. The van der Waals surface area contributed by atoms with Crippen LogP contribution in [0.5, 0.6) is 0 Å². The van der Waals surface area contributed by atoms with E-state index < -0.39 is 0 Å². The molecule has 0 spiro atoms. The van der Waals surface area contributed by atoms with Gasteiger partial charge in [0.2, 0.25) is 0 Å². The fourth-order valence-electron chi connectivity index (χ4n) is 1.77. The molecule has 96 valence electrons. The standard InChI is InChI=1S/C12H19ClN2O2/c1-4-15(9(2)8-17-3)12-6-5-10(13)11(7-16)14-12/h5-6,9,16H,4,7-8H2,1-3H3. The van der Waals surface area contributed by atoms with Gasteiger partial charge in [-0.3, -0.25) is 0 Å². The molecule has 0 aromatic carbocycles. The monoisotopic (exact) mass is 258 g/mol. The van der Waals surface area contributed by atoms with Gasteiger partial charge < -0.3 is 14.7 Å². The number of likely N-dealkylation sites (N-methyl/N-ethyl adjacent to an activating group) is 1. The summed E-state index contributed by atoms with van der Waals surface area (Å²) in [5.74, 6) is 0.811. The molecule has 0 saturated heterocycles. The summed E-state index contributed by atoms with van der Waals surface area (Å²) in [4.78, 5) is 6.46. The maximum absolute atomic E-state index is 9.15. The van der Waals surface area contributed by atoms with Crippen LogP contribution in [0.25, 0.3) is 0 Å². The van der Waals surface area contributed by atoms with E-state index in [9.17, 15) is 0 Å². The van der Waals surface area contributed by atoms with Crippen LogP contribution in [-0.2, 0) is 11.3 Å². The molecule has 0 radical (unpaired) electrons. The first-order valence-electron chi connectivity index (χ1n) is 5.65. The summed E-state index contributed by atoms with van der Waals surface area (Å²) in [7, 11) is 1.68. The number of rotatable bonds is 6. The Morgan fingerprint density at radius 3 is 2.76 bits per heavy atom. The number of pyridine rings is 1. The average Bonchev–Trinajstić information content (AvgIpc) is 2.32. The highest BCUT2D eigenvalue weighted by Crippen LogP contribution is 2.20. The van der Waals surface area contributed by atoms with Gasteiger partial charge in [-0.05, 0) is 26.0 Å². The number of anilines is 1. The minimum Gasteiger partial charge on any atom is -0.390 e. The molecule has 0 fully saturated rings. The SMILES string of the molecule is CCN(c1ccc(Cl)c(CO)n1)C(C)COC. The zero-order chi connectivity index (χ0) is 12.8. The van der Waals surface area contributed by atoms with Crippen LogP contribution >= 0.6 is 11.6 Å². The van der Waals surface area contributed by atoms with E-state index in [1.165, 1.54) is 0 Å². The van der Waals surface area contributed by atoms with Crippen LogP contribution in [0.3, 0.4) is 0 Å². The van der Waals surface area contributed by atoms with Crippen LogP contribution in [0, 0.1) is 0 Å². The van der Waals surface area contributed by atoms with E-state index in [4.69, 9.17) is 21.4 Å². The lowest BCUT2D eigenvalue weighted by atomic mass is 10.2. The number of nitrogens with zero attached hydrogens (tertiary/aromatic N) is 2. The molecule has 1 aromatic heterocycles. The lowest BCUT2D eigenvalue weighted by Gasteiger charge is -2.29. The van der Waals surface area contributed by atoms with Crippen molar-refractivity contribution >= 4 is 17.4 Å². The fraction of sp³-hybridized carbons (Fsp3) is 0.583. The number of aliphatic hydroxyl groups excluding tert-OH is 1. The zero-order valence-electron chi connectivity index (χ0n) is 10.5. The number of hydrogen-bond acceptors (Lipinski definition) is 4. The van der Waals surface area contributed by atoms with Crippen molar-refractivity contribution in [1.29, 1.82) is 0 Å². The van der Waals surface area contributed by atoms with Gasteiger partial charge in [-0.25, -0.2) is 4.98 Å². The number of aliphatic hydroxyl groups is 1. The molecule has 0 aliphatic heterocycles. The van der Waals surface area contributed by atoms with E-state index >= 15 is 0 Å². The van der Waals surface area contributed by atoms with Crippen molar-refractivity contribution in [2.24, 2.45) is 0 Å². The topological polar surface area (TPSA) is 45.6 Å². The van der Waals surface area contributed by atoms with Crippen LogP contribution in [0.4, 0.5) is 5.82 Å². The molecule has 0 saturated carbocycles. The summed E-state index contributed by atoms with van der Waals surface area (Å²) in [6.45, 7) is 5.43. The second kappa shape index (κ2) is 6.79. The highest BCUT2D eigenvalue weighted by molar-refractivity contribution is 6.31. The number of halogens is 1. The van der Waals surface area contributed by atoms with Gasteiger partial charge in [0.1, 0.15) is 5.82 Å². The molecule has 1 aromatic rings. The molecular weight excluding hydrogens is 240 g/mol. The Morgan fingerprint density at radius 2 is 2.24 bits per heavy atom. The maximum atomic E-state index is 9.15. The van der Waals surface area contributed by atoms with Crippen molar-refractivity contribution in [3.63, 3.8) is 0 Å². The van der Waals surface area contributed by atoms with Crippen LogP contribution in [-0.4, -0.2) is 36.4 Å². The zero-order valence-corrected chi connectivity index (χ0v) is 11.2. The molecule has 1 rings (SSSR count). The van der Waals surface area contributed by atoms with Crippen molar-refractivity contribution < 1.29 is 9.84 Å². The van der Waals surface area contributed by atoms with E-state index in [1.54, 1.807) is 13.2 Å². The molecule has 1 atom stereocenters. The number of aromatic nitrogens is 1. The van der Waals surface area contributed by atoms with Gasteiger partial charge in [0.15, 0.2) is 0 Å². The van der Waals surface area contributed by atoms with Gasteiger partial charge in [-0.1, -0.05) is 11.6 Å². The molecule has 0 amide bonds. The van der Waals surface area contributed by atoms with Gasteiger partial charge >= 0.3 is 0 Å². The Balaban J connectivity index is 2.95. The third-order valence-electron chi connectivity index (χ3n) is 2.63. The average molecular weight is 259 g/mol. The summed E-state index contributed by atoms with van der Waals surface area (Å²) in [6.07, 6.45) is 0. The van der Waals surface area contributed by atoms with E-state index in [2.05, 4.69) is 23.7 Å². The highest BCUT2D eigenvalue weighted by atomic mass is 35.5. The van der Waals surface area contributed by atoms with Crippen LogP contribution in [0.15, 0.2) is 12.1 Å². The van der Waals surface area contributed by atoms with E-state index in [0.29, 0.717) is 17.3 Å². The quantitative estimate of drug-likeness (QED) is 0.849. The predicted molar refractivity (Wildman–Crippen MR) is 69.5 cm³/mol. The molecule has 1 unspecified atom stereocenters. The second-order valence-electron chi connectivity index (χ2n) is 3.85. The second-order valence-corrected chi connectivity index (χ2v) is 4.25. The Morgan fingerprint density at radius 1 is 1.53 bits per heavy atom. The fourth-order valence-corrected chi connectivity index (χ4v) is 1.94. The largest absolute Gasteiger partial charge is 0.390 e. The molecule has 17 heavy (non-hydrogen) atoms. The number of hydrogen-bond donors (Lipinski definition) is 1. The minimum absolute atomic E-state index is 0.150. The number of methoxy groups -OCH3 is 1. The molecule has 4 nitrogen and oxygen atoms in total. The van der Waals surface area contributed by atoms with Gasteiger partial charge in [0, 0.05) is 13.7 Å². The van der Waals surface area contributed by atoms with Crippen molar-refractivity contribution in [2.45, 2.75) is 26.5 Å². The van der Waals surface area contributed by atoms with Crippen LogP contribution in [0.1, 0.15) is 19.5 Å². The molecule has 0 aliphatic carbocycles. The molecule has 1 N–H and O–H groups in total. The first kappa shape index (κ1) is 14.2. The Bertz CT molecular complexity index is 360. The summed E-state index contributed by atoms with van der Waals surface area (Å²) >= 11 is 5.92. The summed E-state index contributed by atoms with van der Waals surface area (Å²) in [5, 5.41) is 9.64. The van der Waals surface area contributed by atoms with Gasteiger partial charge in [0.25, 0.3) is 0 Å². The summed E-state index contributed by atoms with van der Waals surface area (Å²) in [5.41, 5.74) is 0.507. The molecular formula is C12H19ClN2O2.